The summed E-state index contributed by atoms with van der Waals surface area (Å²) >= 11 is 0. The number of ether oxygens (including phenoxy) is 1. The Kier molecular flexibility index (Phi) is 6.73. The van der Waals surface area contributed by atoms with Gasteiger partial charge >= 0.3 is 0 Å². The van der Waals surface area contributed by atoms with Gasteiger partial charge in [0.15, 0.2) is 6.10 Å². The van der Waals surface area contributed by atoms with Crippen LogP contribution in [0.5, 0.6) is 5.75 Å². The van der Waals surface area contributed by atoms with Crippen molar-refractivity contribution >= 4 is 21.6 Å². The molecule has 4 N–H and O–H groups in total. The molecular weight excluding hydrogens is 354 g/mol. The zero-order chi connectivity index (χ0) is 19.2. The van der Waals surface area contributed by atoms with Gasteiger partial charge in [-0.05, 0) is 49.7 Å². The molecule has 0 aliphatic carbocycles. The molecule has 0 aliphatic rings. The number of carbonyl (C=O) groups excluding carboxylic acids is 1. The first-order valence-electron chi connectivity index (χ1n) is 8.16. The van der Waals surface area contributed by atoms with Gasteiger partial charge in [0.2, 0.25) is 10.0 Å². The molecule has 2 aromatic rings. The van der Waals surface area contributed by atoms with E-state index in [-0.39, 0.29) is 23.9 Å². The highest BCUT2D eigenvalue weighted by Gasteiger charge is 2.17. The number of rotatable bonds is 8. The summed E-state index contributed by atoms with van der Waals surface area (Å²) in [4.78, 5) is 12.4. The van der Waals surface area contributed by atoms with Crippen molar-refractivity contribution in [3.63, 3.8) is 0 Å². The van der Waals surface area contributed by atoms with Crippen LogP contribution in [0.4, 0.5) is 5.69 Å². The first-order chi connectivity index (χ1) is 12.3. The molecule has 0 heterocycles. The Hall–Kier alpha value is -2.42. The molecule has 0 radical (unpaired) electrons. The molecule has 0 saturated heterocycles. The van der Waals surface area contributed by atoms with E-state index in [2.05, 4.69) is 10.0 Å². The third-order valence-electron chi connectivity index (χ3n) is 3.52. The topological polar surface area (TPSA) is 111 Å². The molecule has 1 amide bonds. The molecule has 140 valence electrons. The van der Waals surface area contributed by atoms with Gasteiger partial charge in [-0.3, -0.25) is 4.79 Å². The Labute approximate surface area is 153 Å². The van der Waals surface area contributed by atoms with E-state index in [0.717, 1.165) is 5.56 Å². The summed E-state index contributed by atoms with van der Waals surface area (Å²) in [5.41, 5.74) is 6.71. The fourth-order valence-electron chi connectivity index (χ4n) is 2.21. The Balaban J connectivity index is 2.05. The summed E-state index contributed by atoms with van der Waals surface area (Å²) in [7, 11) is -3.67. The summed E-state index contributed by atoms with van der Waals surface area (Å²) in [6, 6.07) is 13.4. The largest absolute Gasteiger partial charge is 0.481 e. The van der Waals surface area contributed by atoms with Crippen molar-refractivity contribution in [3.8, 4) is 5.75 Å². The molecule has 0 aliphatic heterocycles. The van der Waals surface area contributed by atoms with E-state index in [1.165, 1.54) is 12.1 Å². The summed E-state index contributed by atoms with van der Waals surface area (Å²) in [6.45, 7) is 3.90. The highest BCUT2D eigenvalue weighted by atomic mass is 32.2. The minimum absolute atomic E-state index is 0.0519. The number of nitrogens with two attached hydrogens (primary N) is 1. The zero-order valence-corrected chi connectivity index (χ0v) is 15.5. The molecule has 2 rings (SSSR count). The molecule has 8 heteroatoms. The monoisotopic (exact) mass is 377 g/mol. The van der Waals surface area contributed by atoms with Crippen LogP contribution < -0.4 is 20.5 Å². The van der Waals surface area contributed by atoms with Crippen molar-refractivity contribution in [1.82, 2.24) is 4.72 Å². The van der Waals surface area contributed by atoms with Gasteiger partial charge < -0.3 is 15.8 Å². The van der Waals surface area contributed by atoms with Gasteiger partial charge in [-0.15, -0.1) is 0 Å². The number of aryl methyl sites for hydroxylation is 1. The van der Waals surface area contributed by atoms with E-state index < -0.39 is 16.1 Å². The van der Waals surface area contributed by atoms with Crippen LogP contribution in [-0.2, 0) is 14.8 Å². The van der Waals surface area contributed by atoms with Gasteiger partial charge in [-0.25, -0.2) is 13.1 Å². The number of carbonyl (C=O) groups is 1. The number of benzene rings is 2. The molecule has 1 unspecified atom stereocenters. The van der Waals surface area contributed by atoms with Gasteiger partial charge in [-0.2, -0.15) is 0 Å². The summed E-state index contributed by atoms with van der Waals surface area (Å²) < 4.78 is 32.3. The fourth-order valence-corrected chi connectivity index (χ4v) is 3.30. The van der Waals surface area contributed by atoms with E-state index in [1.54, 1.807) is 25.1 Å². The second-order valence-electron chi connectivity index (χ2n) is 5.78. The standard InChI is InChI=1S/C18H23N3O4S/c1-13-5-3-7-16(11-13)25-14(2)18(22)21-15-6-4-8-17(12-15)26(23,24)20-10-9-19/h3-8,11-12,14,20H,9-10,19H2,1-2H3,(H,21,22). The maximum Gasteiger partial charge on any atom is 0.265 e. The number of nitrogens with one attached hydrogen (secondary N) is 2. The van der Waals surface area contributed by atoms with Gasteiger partial charge in [0.05, 0.1) is 4.90 Å². The van der Waals surface area contributed by atoms with E-state index in [1.807, 2.05) is 25.1 Å². The van der Waals surface area contributed by atoms with Crippen molar-refractivity contribution in [2.24, 2.45) is 5.73 Å². The highest BCUT2D eigenvalue weighted by molar-refractivity contribution is 7.89. The number of hydrogen-bond acceptors (Lipinski definition) is 5. The van der Waals surface area contributed by atoms with Crippen LogP contribution >= 0.6 is 0 Å². The number of anilines is 1. The predicted molar refractivity (Wildman–Crippen MR) is 101 cm³/mol. The first-order valence-corrected chi connectivity index (χ1v) is 9.64. The minimum atomic E-state index is -3.67. The average molecular weight is 377 g/mol. The average Bonchev–Trinajstić information content (AvgIpc) is 2.60. The van der Waals surface area contributed by atoms with Crippen LogP contribution in [0.2, 0.25) is 0 Å². The number of sulfonamides is 1. The molecule has 26 heavy (non-hydrogen) atoms. The normalized spacial score (nSPS) is 12.4. The van der Waals surface area contributed by atoms with Gasteiger partial charge in [0.25, 0.3) is 5.91 Å². The lowest BCUT2D eigenvalue weighted by Gasteiger charge is -2.15. The Morgan fingerprint density at radius 2 is 1.92 bits per heavy atom. The zero-order valence-electron chi connectivity index (χ0n) is 14.7. The summed E-state index contributed by atoms with van der Waals surface area (Å²) in [5.74, 6) is 0.214. The van der Waals surface area contributed by atoms with E-state index in [0.29, 0.717) is 11.4 Å². The van der Waals surface area contributed by atoms with Crippen molar-refractivity contribution < 1.29 is 17.9 Å². The van der Waals surface area contributed by atoms with Crippen LogP contribution in [0.1, 0.15) is 12.5 Å². The molecule has 0 saturated carbocycles. The third-order valence-corrected chi connectivity index (χ3v) is 4.98. The van der Waals surface area contributed by atoms with E-state index in [4.69, 9.17) is 10.5 Å². The van der Waals surface area contributed by atoms with Gasteiger partial charge in [-0.1, -0.05) is 18.2 Å². The second-order valence-corrected chi connectivity index (χ2v) is 7.55. The van der Waals surface area contributed by atoms with Gasteiger partial charge in [0, 0.05) is 18.8 Å². The maximum absolute atomic E-state index is 12.3. The number of amides is 1. The molecule has 0 spiro atoms. The molecule has 2 aromatic carbocycles. The van der Waals surface area contributed by atoms with E-state index >= 15 is 0 Å². The van der Waals surface area contributed by atoms with Crippen molar-refractivity contribution in [2.75, 3.05) is 18.4 Å². The second kappa shape index (κ2) is 8.79. The Morgan fingerprint density at radius 1 is 1.19 bits per heavy atom. The lowest BCUT2D eigenvalue weighted by atomic mass is 10.2. The number of hydrogen-bond donors (Lipinski definition) is 3. The third kappa shape index (κ3) is 5.55. The fraction of sp³-hybridized carbons (Fsp3) is 0.278. The van der Waals surface area contributed by atoms with Crippen LogP contribution in [0.3, 0.4) is 0 Å². The van der Waals surface area contributed by atoms with Crippen molar-refractivity contribution in [1.29, 1.82) is 0 Å². The highest BCUT2D eigenvalue weighted by Crippen LogP contribution is 2.17. The molecule has 0 bridgehead atoms. The quantitative estimate of drug-likeness (QED) is 0.648. The smallest absolute Gasteiger partial charge is 0.265 e. The Bertz CT molecular complexity index is 868. The SMILES string of the molecule is Cc1cccc(OC(C)C(=O)Nc2cccc(S(=O)(=O)NCCN)c2)c1. The Morgan fingerprint density at radius 3 is 2.62 bits per heavy atom. The molecule has 0 aromatic heterocycles. The van der Waals surface area contributed by atoms with E-state index in [9.17, 15) is 13.2 Å². The van der Waals surface area contributed by atoms with Crippen LogP contribution in [0.15, 0.2) is 53.4 Å². The lowest BCUT2D eigenvalue weighted by Crippen LogP contribution is -2.31. The lowest BCUT2D eigenvalue weighted by molar-refractivity contribution is -0.122. The minimum Gasteiger partial charge on any atom is -0.481 e. The van der Waals surface area contributed by atoms with Crippen LogP contribution in [0.25, 0.3) is 0 Å². The molecule has 7 nitrogen and oxygen atoms in total. The van der Waals surface area contributed by atoms with Crippen molar-refractivity contribution in [3.05, 3.63) is 54.1 Å². The molecular formula is C18H23N3O4S. The summed E-state index contributed by atoms with van der Waals surface area (Å²) in [5, 5.41) is 2.66. The maximum atomic E-state index is 12.3. The van der Waals surface area contributed by atoms with Crippen LogP contribution in [0, 0.1) is 6.92 Å². The first kappa shape index (κ1) is 19.9. The molecule has 1 atom stereocenters. The van der Waals surface area contributed by atoms with Crippen LogP contribution in [-0.4, -0.2) is 33.5 Å². The van der Waals surface area contributed by atoms with Gasteiger partial charge in [0.1, 0.15) is 5.75 Å². The molecule has 0 fully saturated rings. The predicted octanol–water partition coefficient (Wildman–Crippen LogP) is 1.64. The summed E-state index contributed by atoms with van der Waals surface area (Å²) in [6.07, 6.45) is -0.743. The van der Waals surface area contributed by atoms with Crippen molar-refractivity contribution in [2.45, 2.75) is 24.8 Å².